The molecule has 2 aliphatic heterocycles. The van der Waals surface area contributed by atoms with Gasteiger partial charge < -0.3 is 15.5 Å². The van der Waals surface area contributed by atoms with Crippen LogP contribution in [0.15, 0.2) is 78.1 Å². The van der Waals surface area contributed by atoms with E-state index in [1.54, 1.807) is 23.6 Å². The van der Waals surface area contributed by atoms with Crippen molar-refractivity contribution in [2.45, 2.75) is 12.0 Å². The molecule has 1 saturated heterocycles. The third-order valence-corrected chi connectivity index (χ3v) is 7.77. The third-order valence-electron chi connectivity index (χ3n) is 6.86. The zero-order valence-corrected chi connectivity index (χ0v) is 20.7. The fourth-order valence-electron chi connectivity index (χ4n) is 4.89. The number of alkyl halides is 2. The van der Waals surface area contributed by atoms with Gasteiger partial charge in [-0.2, -0.15) is 5.10 Å². The number of fused-ring (bicyclic) bond motifs is 2. The van der Waals surface area contributed by atoms with E-state index in [1.807, 2.05) is 60.1 Å². The average Bonchev–Trinajstić information content (AvgIpc) is 3.67. The number of carbonyl (C=O) groups is 1. The van der Waals surface area contributed by atoms with Gasteiger partial charge in [0.05, 0.1) is 41.2 Å². The van der Waals surface area contributed by atoms with Crippen LogP contribution in [0.2, 0.25) is 0 Å². The Balaban J connectivity index is 1.12. The van der Waals surface area contributed by atoms with Crippen molar-refractivity contribution in [2.24, 2.45) is 5.92 Å². The number of hydrogen-bond donors (Lipinski definition) is 3. The Hall–Kier alpha value is -4.38. The lowest BCUT2D eigenvalue weighted by Gasteiger charge is -2.38. The lowest BCUT2D eigenvalue weighted by molar-refractivity contribution is -0.162. The number of nitrogens with one attached hydrogen (secondary N) is 3. The van der Waals surface area contributed by atoms with E-state index in [1.165, 1.54) is 0 Å². The van der Waals surface area contributed by atoms with E-state index in [4.69, 9.17) is 9.97 Å². The minimum absolute atomic E-state index is 0.0456. The van der Waals surface area contributed by atoms with Crippen molar-refractivity contribution in [1.29, 1.82) is 0 Å². The van der Waals surface area contributed by atoms with Gasteiger partial charge in [-0.05, 0) is 35.2 Å². The van der Waals surface area contributed by atoms with Gasteiger partial charge in [0.15, 0.2) is 11.6 Å². The number of amides is 1. The van der Waals surface area contributed by atoms with Crippen LogP contribution in [0.5, 0.6) is 0 Å². The van der Waals surface area contributed by atoms with E-state index in [2.05, 4.69) is 20.8 Å². The largest absolute Gasteiger partial charge is 0.374 e. The van der Waals surface area contributed by atoms with Crippen LogP contribution in [0.1, 0.15) is 5.82 Å². The zero-order chi connectivity index (χ0) is 25.9. The second kappa shape index (κ2) is 8.59. The fourth-order valence-corrected chi connectivity index (χ4v) is 5.66. The number of anilines is 2. The Bertz CT molecular complexity index is 1630. The highest BCUT2D eigenvalue weighted by Gasteiger charge is 2.47. The van der Waals surface area contributed by atoms with Gasteiger partial charge in [0, 0.05) is 28.9 Å². The van der Waals surface area contributed by atoms with Gasteiger partial charge >= 0.3 is 0 Å². The molecule has 1 fully saturated rings. The molecule has 0 bridgehead atoms. The first-order chi connectivity index (χ1) is 18.4. The Labute approximate surface area is 219 Å². The monoisotopic (exact) mass is 529 g/mol. The molecule has 1 amide bonds. The summed E-state index contributed by atoms with van der Waals surface area (Å²) in [6.45, 7) is -1.07. The summed E-state index contributed by atoms with van der Waals surface area (Å²) >= 11 is 1.57. The smallest absolute Gasteiger partial charge is 0.282 e. The van der Waals surface area contributed by atoms with Crippen LogP contribution in [-0.4, -0.2) is 56.0 Å². The van der Waals surface area contributed by atoms with Crippen molar-refractivity contribution >= 4 is 44.5 Å². The van der Waals surface area contributed by atoms with E-state index in [-0.39, 0.29) is 12.0 Å². The molecule has 0 radical (unpaired) electrons. The van der Waals surface area contributed by atoms with Gasteiger partial charge in [0.25, 0.3) is 11.8 Å². The topological polar surface area (TPSA) is 98.8 Å². The maximum atomic E-state index is 13.2. The second-order valence-electron chi connectivity index (χ2n) is 9.55. The molecule has 5 heterocycles. The second-order valence-corrected chi connectivity index (χ2v) is 10.5. The quantitative estimate of drug-likeness (QED) is 0.346. The van der Waals surface area contributed by atoms with E-state index in [0.29, 0.717) is 17.3 Å². The molecule has 190 valence electrons. The van der Waals surface area contributed by atoms with E-state index < -0.39 is 24.9 Å². The Kier molecular flexibility index (Phi) is 5.15. The summed E-state index contributed by atoms with van der Waals surface area (Å²) in [6, 6.07) is 9.81. The normalized spacial score (nSPS) is 21.4. The first kappa shape index (κ1) is 22.8. The van der Waals surface area contributed by atoms with E-state index >= 15 is 0 Å². The van der Waals surface area contributed by atoms with Crippen LogP contribution < -0.4 is 10.6 Å². The number of nitrogens with zero attached hydrogens (tertiary/aromatic N) is 4. The summed E-state index contributed by atoms with van der Waals surface area (Å²) in [7, 11) is 0. The minimum Gasteiger partial charge on any atom is -0.374 e. The number of hydrogen-bond acceptors (Lipinski definition) is 7. The van der Waals surface area contributed by atoms with Gasteiger partial charge in [-0.1, -0.05) is 30.4 Å². The predicted molar refractivity (Wildman–Crippen MR) is 142 cm³/mol. The molecule has 2 atom stereocenters. The van der Waals surface area contributed by atoms with Crippen molar-refractivity contribution < 1.29 is 13.6 Å². The summed E-state index contributed by atoms with van der Waals surface area (Å²) in [5.74, 6) is -1.96. The molecule has 3 aliphatic rings. The molecule has 1 aromatic carbocycles. The number of benzene rings is 1. The molecular weight excluding hydrogens is 508 g/mol. The van der Waals surface area contributed by atoms with Crippen molar-refractivity contribution in [3.05, 3.63) is 83.9 Å². The van der Waals surface area contributed by atoms with Crippen molar-refractivity contribution in [1.82, 2.24) is 30.4 Å². The first-order valence-corrected chi connectivity index (χ1v) is 13.0. The predicted octanol–water partition coefficient (Wildman–Crippen LogP) is 4.73. The van der Waals surface area contributed by atoms with Crippen LogP contribution in [0.3, 0.4) is 0 Å². The zero-order valence-electron chi connectivity index (χ0n) is 19.9. The highest BCUT2D eigenvalue weighted by molar-refractivity contribution is 7.17. The standard InChI is InChI=1S/C27H21F2N7OS/c28-27(29)13-36(14-27)26(37)22-9-16-1-2-17(10-21(16)33-22)24-34-20-7-8-38-23(20)25(35-24)32-19-5-3-15(4-6-19)18-11-30-31-12-18/h1-12,16,21,33H,13-14H2,(H,30,31)(H,32,34,35). The Morgan fingerprint density at radius 1 is 1.11 bits per heavy atom. The molecule has 0 spiro atoms. The van der Waals surface area contributed by atoms with E-state index in [0.717, 1.165) is 37.5 Å². The number of aromatic nitrogens is 4. The summed E-state index contributed by atoms with van der Waals surface area (Å²) in [5, 5.41) is 15.4. The molecule has 4 aromatic rings. The highest BCUT2D eigenvalue weighted by Crippen LogP contribution is 2.35. The lowest BCUT2D eigenvalue weighted by atomic mass is 9.93. The number of aromatic amines is 1. The van der Waals surface area contributed by atoms with Gasteiger partial charge in [0.2, 0.25) is 0 Å². The number of H-pyrrole nitrogens is 1. The van der Waals surface area contributed by atoms with Crippen LogP contribution in [0.4, 0.5) is 20.3 Å². The van der Waals surface area contributed by atoms with Crippen molar-refractivity contribution in [3.8, 4) is 11.1 Å². The Morgan fingerprint density at radius 3 is 2.71 bits per heavy atom. The van der Waals surface area contributed by atoms with Crippen LogP contribution in [-0.2, 0) is 4.79 Å². The molecule has 2 unspecified atom stereocenters. The third kappa shape index (κ3) is 4.04. The number of likely N-dealkylation sites (tertiary alicyclic amines) is 1. The van der Waals surface area contributed by atoms with Crippen LogP contribution in [0, 0.1) is 5.92 Å². The number of allylic oxidation sites excluding steroid dienone is 2. The summed E-state index contributed by atoms with van der Waals surface area (Å²) in [4.78, 5) is 23.4. The van der Waals surface area contributed by atoms with Crippen LogP contribution >= 0.6 is 11.3 Å². The summed E-state index contributed by atoms with van der Waals surface area (Å²) in [5.41, 5.74) is 4.97. The molecule has 0 saturated carbocycles. The number of carbonyl (C=O) groups excluding carboxylic acids is 1. The molecule has 8 nitrogen and oxygen atoms in total. The number of rotatable bonds is 5. The van der Waals surface area contributed by atoms with Crippen molar-refractivity contribution in [2.75, 3.05) is 18.4 Å². The SMILES string of the molecule is O=C(C1=CC2C=CC(c3nc(Nc4ccc(-c5cn[nH]c5)cc4)c4sccc4n3)=CC2N1)N1CC(F)(F)C1. The lowest BCUT2D eigenvalue weighted by Crippen LogP contribution is -2.59. The highest BCUT2D eigenvalue weighted by atomic mass is 32.1. The summed E-state index contributed by atoms with van der Waals surface area (Å²) in [6.07, 6.45) is 11.4. The average molecular weight is 530 g/mol. The van der Waals surface area contributed by atoms with E-state index in [9.17, 15) is 13.6 Å². The number of halogens is 2. The molecule has 11 heteroatoms. The maximum Gasteiger partial charge on any atom is 0.282 e. The molecular formula is C27H21F2N7OS. The van der Waals surface area contributed by atoms with Gasteiger partial charge in [-0.25, -0.2) is 18.7 Å². The van der Waals surface area contributed by atoms with Crippen molar-refractivity contribution in [3.63, 3.8) is 0 Å². The molecule has 1 aliphatic carbocycles. The molecule has 3 aromatic heterocycles. The molecule has 38 heavy (non-hydrogen) atoms. The van der Waals surface area contributed by atoms with Gasteiger partial charge in [-0.3, -0.25) is 9.89 Å². The maximum absolute atomic E-state index is 13.2. The summed E-state index contributed by atoms with van der Waals surface area (Å²) < 4.78 is 27.4. The van der Waals surface area contributed by atoms with Crippen LogP contribution in [0.25, 0.3) is 26.9 Å². The van der Waals surface area contributed by atoms with Gasteiger partial charge in [-0.15, -0.1) is 11.3 Å². The first-order valence-electron chi connectivity index (χ1n) is 12.1. The number of thiophene rings is 1. The molecule has 7 rings (SSSR count). The molecule has 3 N–H and O–H groups in total. The minimum atomic E-state index is -2.79. The fraction of sp³-hybridized carbons (Fsp3) is 0.185. The van der Waals surface area contributed by atoms with Gasteiger partial charge in [0.1, 0.15) is 0 Å². The Morgan fingerprint density at radius 2 is 1.95 bits per heavy atom.